The molecule has 4 aliphatic rings. The molecule has 7 rings (SSSR count). The Morgan fingerprint density at radius 1 is 1.12 bits per heavy atom. The molecule has 4 aliphatic heterocycles. The van der Waals surface area contributed by atoms with Crippen LogP contribution in [0, 0.1) is 12.3 Å². The number of carbonyl (C=O) groups is 1. The average Bonchev–Trinajstić information content (AvgIpc) is 3.65. The molecule has 1 N–H and O–H groups in total. The van der Waals surface area contributed by atoms with Crippen LogP contribution in [-0.2, 0) is 20.8 Å². The summed E-state index contributed by atoms with van der Waals surface area (Å²) in [5.41, 5.74) is 6.39. The molecule has 8 nitrogen and oxygen atoms in total. The number of aromatic nitrogens is 2. The number of rotatable bonds is 9. The molecule has 2 atom stereocenters. The van der Waals surface area contributed by atoms with Gasteiger partial charge in [-0.25, -0.2) is 4.68 Å². The largest absolute Gasteiger partial charge is 0.380 e. The SMILES string of the molecule is C=C(CN1CC2(COC2)C1)C1(NCc2cccc([C@@H]3CC(=O)N(CC)c4c3c(C)nn4-c3ccccc3)c2)CO1. The Bertz CT molecular complexity index is 1450. The van der Waals surface area contributed by atoms with Gasteiger partial charge in [-0.1, -0.05) is 49.0 Å². The zero-order valence-corrected chi connectivity index (χ0v) is 23.4. The van der Waals surface area contributed by atoms with E-state index in [0.717, 1.165) is 72.3 Å². The highest BCUT2D eigenvalue weighted by Crippen LogP contribution is 2.43. The van der Waals surface area contributed by atoms with Crippen LogP contribution in [0.3, 0.4) is 0 Å². The number of ether oxygens (including phenoxy) is 2. The third-order valence-corrected chi connectivity index (χ3v) is 8.97. The van der Waals surface area contributed by atoms with Crippen LogP contribution in [0.4, 0.5) is 5.82 Å². The van der Waals surface area contributed by atoms with E-state index >= 15 is 0 Å². The fourth-order valence-electron chi connectivity index (χ4n) is 6.71. The second-order valence-corrected chi connectivity index (χ2v) is 11.9. The van der Waals surface area contributed by atoms with Crippen LogP contribution in [0.15, 0.2) is 66.7 Å². The lowest BCUT2D eigenvalue weighted by Crippen LogP contribution is -2.66. The normalized spacial score (nSPS) is 24.9. The molecular formula is C32H37N5O3. The maximum Gasteiger partial charge on any atom is 0.229 e. The Hall–Kier alpha value is -3.30. The van der Waals surface area contributed by atoms with E-state index in [2.05, 4.69) is 48.0 Å². The second-order valence-electron chi connectivity index (χ2n) is 11.9. The molecule has 0 saturated carbocycles. The summed E-state index contributed by atoms with van der Waals surface area (Å²) in [4.78, 5) is 17.7. The highest BCUT2D eigenvalue weighted by atomic mass is 16.6. The molecule has 3 fully saturated rings. The van der Waals surface area contributed by atoms with Gasteiger partial charge in [-0.05, 0) is 42.7 Å². The summed E-state index contributed by atoms with van der Waals surface area (Å²) in [5, 5.41) is 8.55. The summed E-state index contributed by atoms with van der Waals surface area (Å²) < 4.78 is 13.2. The Kier molecular flexibility index (Phi) is 6.20. The lowest BCUT2D eigenvalue weighted by atomic mass is 9.78. The number of benzene rings is 2. The molecule has 3 aromatic rings. The van der Waals surface area contributed by atoms with Crippen molar-refractivity contribution >= 4 is 11.7 Å². The van der Waals surface area contributed by atoms with E-state index in [1.54, 1.807) is 0 Å². The number of anilines is 1. The molecule has 0 bridgehead atoms. The minimum atomic E-state index is -0.447. The van der Waals surface area contributed by atoms with Crippen LogP contribution >= 0.6 is 0 Å². The number of carbonyl (C=O) groups excluding carboxylic acids is 1. The number of epoxide rings is 1. The molecule has 8 heteroatoms. The van der Waals surface area contributed by atoms with Gasteiger partial charge in [-0.3, -0.25) is 19.9 Å². The predicted octanol–water partition coefficient (Wildman–Crippen LogP) is 3.77. The number of para-hydroxylation sites is 1. The highest BCUT2D eigenvalue weighted by molar-refractivity contribution is 5.97. The molecule has 2 aromatic carbocycles. The van der Waals surface area contributed by atoms with Crippen LogP contribution in [0.1, 0.15) is 41.6 Å². The van der Waals surface area contributed by atoms with Gasteiger partial charge < -0.3 is 9.47 Å². The fourth-order valence-corrected chi connectivity index (χ4v) is 6.71. The third kappa shape index (κ3) is 4.30. The molecule has 40 heavy (non-hydrogen) atoms. The van der Waals surface area contributed by atoms with Crippen molar-refractivity contribution in [3.05, 3.63) is 89.1 Å². The molecule has 0 aliphatic carbocycles. The van der Waals surface area contributed by atoms with Crippen molar-refractivity contribution in [2.45, 2.75) is 38.5 Å². The first-order valence-corrected chi connectivity index (χ1v) is 14.3. The zero-order valence-electron chi connectivity index (χ0n) is 23.4. The Labute approximate surface area is 235 Å². The van der Waals surface area contributed by atoms with Crippen LogP contribution in [0.25, 0.3) is 5.69 Å². The topological polar surface area (TPSA) is 75.2 Å². The van der Waals surface area contributed by atoms with Crippen molar-refractivity contribution in [3.8, 4) is 5.69 Å². The van der Waals surface area contributed by atoms with Crippen LogP contribution in [0.5, 0.6) is 0 Å². The van der Waals surface area contributed by atoms with Crippen molar-refractivity contribution in [2.24, 2.45) is 5.41 Å². The smallest absolute Gasteiger partial charge is 0.229 e. The molecule has 0 radical (unpaired) electrons. The van der Waals surface area contributed by atoms with Crippen molar-refractivity contribution < 1.29 is 14.3 Å². The number of nitrogens with zero attached hydrogens (tertiary/aromatic N) is 4. The van der Waals surface area contributed by atoms with E-state index < -0.39 is 5.72 Å². The number of aryl methyl sites for hydroxylation is 1. The van der Waals surface area contributed by atoms with Gasteiger partial charge in [0.1, 0.15) is 5.82 Å². The van der Waals surface area contributed by atoms with Crippen LogP contribution in [-0.4, -0.2) is 72.3 Å². The Morgan fingerprint density at radius 2 is 1.90 bits per heavy atom. The first-order valence-electron chi connectivity index (χ1n) is 14.3. The Morgan fingerprint density at radius 3 is 2.58 bits per heavy atom. The van der Waals surface area contributed by atoms with Gasteiger partial charge in [0.25, 0.3) is 0 Å². The number of fused-ring (bicyclic) bond motifs is 1. The van der Waals surface area contributed by atoms with Gasteiger partial charge in [0, 0.05) is 56.0 Å². The number of amides is 1. The lowest BCUT2D eigenvalue weighted by molar-refractivity contribution is -0.187. The van der Waals surface area contributed by atoms with Crippen molar-refractivity contribution in [3.63, 3.8) is 0 Å². The van der Waals surface area contributed by atoms with Gasteiger partial charge in [0.15, 0.2) is 5.72 Å². The number of likely N-dealkylation sites (tertiary alicyclic amines) is 1. The molecule has 5 heterocycles. The van der Waals surface area contributed by atoms with Gasteiger partial charge in [-0.15, -0.1) is 0 Å². The molecule has 3 saturated heterocycles. The molecule has 1 amide bonds. The maximum atomic E-state index is 13.4. The number of hydrogen-bond donors (Lipinski definition) is 1. The van der Waals surface area contributed by atoms with Crippen molar-refractivity contribution in [2.75, 3.05) is 50.9 Å². The summed E-state index contributed by atoms with van der Waals surface area (Å²) in [5.74, 6) is 0.973. The summed E-state index contributed by atoms with van der Waals surface area (Å²) in [7, 11) is 0. The lowest BCUT2D eigenvalue weighted by Gasteiger charge is -2.55. The average molecular weight is 540 g/mol. The predicted molar refractivity (Wildman–Crippen MR) is 154 cm³/mol. The van der Waals surface area contributed by atoms with E-state index in [-0.39, 0.29) is 11.8 Å². The van der Waals surface area contributed by atoms with Crippen LogP contribution in [0.2, 0.25) is 0 Å². The molecule has 1 unspecified atom stereocenters. The molecule has 1 spiro atoms. The van der Waals surface area contributed by atoms with Gasteiger partial charge in [0.05, 0.1) is 31.2 Å². The summed E-state index contributed by atoms with van der Waals surface area (Å²) in [6.07, 6.45) is 0.436. The molecule has 1 aromatic heterocycles. The highest BCUT2D eigenvalue weighted by Gasteiger charge is 2.52. The molecular weight excluding hydrogens is 502 g/mol. The third-order valence-electron chi connectivity index (χ3n) is 8.97. The van der Waals surface area contributed by atoms with Gasteiger partial charge in [0.2, 0.25) is 5.91 Å². The summed E-state index contributed by atoms with van der Waals surface area (Å²) in [6, 6.07) is 18.7. The first-order chi connectivity index (χ1) is 19.4. The minimum Gasteiger partial charge on any atom is -0.380 e. The van der Waals surface area contributed by atoms with Gasteiger partial charge >= 0.3 is 0 Å². The maximum absolute atomic E-state index is 13.4. The Balaban J connectivity index is 1.10. The fraction of sp³-hybridized carbons (Fsp3) is 0.438. The van der Waals surface area contributed by atoms with E-state index in [4.69, 9.17) is 14.6 Å². The minimum absolute atomic E-state index is 0.0435. The summed E-state index contributed by atoms with van der Waals surface area (Å²) in [6.45, 7) is 15.2. The van der Waals surface area contributed by atoms with Crippen molar-refractivity contribution in [1.29, 1.82) is 0 Å². The van der Waals surface area contributed by atoms with E-state index in [1.807, 2.05) is 46.8 Å². The first kappa shape index (κ1) is 25.7. The standard InChI is InChI=1S/C32H37N5O3/c1-4-36-28(38)14-27(29-23(3)34-37(30(29)36)26-11-6-5-7-12-26)25-10-8-9-24(13-25)15-33-32(21-40-32)22(2)16-35-17-31(18-35)19-39-20-31/h5-13,27,33H,2,4,14-21H2,1,3H3/t27-,32?/m0/s1. The quantitative estimate of drug-likeness (QED) is 0.330. The number of hydrogen-bond acceptors (Lipinski definition) is 6. The molecule has 208 valence electrons. The zero-order chi connectivity index (χ0) is 27.5. The monoisotopic (exact) mass is 539 g/mol. The van der Waals surface area contributed by atoms with E-state index in [9.17, 15) is 4.79 Å². The number of nitrogens with one attached hydrogen (secondary N) is 1. The van der Waals surface area contributed by atoms with E-state index in [1.165, 1.54) is 0 Å². The second kappa shape index (κ2) is 9.66. The summed E-state index contributed by atoms with van der Waals surface area (Å²) >= 11 is 0. The van der Waals surface area contributed by atoms with Gasteiger partial charge in [-0.2, -0.15) is 5.10 Å². The van der Waals surface area contributed by atoms with E-state index in [0.29, 0.717) is 31.5 Å². The van der Waals surface area contributed by atoms with Crippen molar-refractivity contribution in [1.82, 2.24) is 20.0 Å². The van der Waals surface area contributed by atoms with Crippen LogP contribution < -0.4 is 10.2 Å².